The van der Waals surface area contributed by atoms with E-state index in [4.69, 9.17) is 21.4 Å². The third kappa shape index (κ3) is 3.42. The van der Waals surface area contributed by atoms with Crippen molar-refractivity contribution in [2.45, 2.75) is 19.8 Å². The number of benzene rings is 1. The van der Waals surface area contributed by atoms with Crippen LogP contribution in [0.4, 0.5) is 0 Å². The summed E-state index contributed by atoms with van der Waals surface area (Å²) in [4.78, 5) is 10.6. The Morgan fingerprint density at radius 3 is 2.75 bits per heavy atom. The van der Waals surface area contributed by atoms with E-state index >= 15 is 0 Å². The molecular weight excluding hydrogens is 228 g/mol. The number of hydrogen-bond donors (Lipinski definition) is 1. The lowest BCUT2D eigenvalue weighted by atomic mass is 10.0. The molecule has 3 nitrogen and oxygen atoms in total. The van der Waals surface area contributed by atoms with Crippen molar-refractivity contribution in [1.29, 1.82) is 0 Å². The molecule has 1 N–H and O–H groups in total. The smallest absolute Gasteiger partial charge is 0.306 e. The van der Waals surface area contributed by atoms with E-state index in [0.29, 0.717) is 23.6 Å². The number of carbonyl (C=O) groups is 1. The van der Waals surface area contributed by atoms with Crippen molar-refractivity contribution in [2.24, 2.45) is 5.92 Å². The Morgan fingerprint density at radius 1 is 1.56 bits per heavy atom. The molecule has 0 radical (unpaired) electrons. The summed E-state index contributed by atoms with van der Waals surface area (Å²) in [7, 11) is 1.56. The molecule has 0 fully saturated rings. The molecule has 0 saturated carbocycles. The highest BCUT2D eigenvalue weighted by molar-refractivity contribution is 6.32. The first-order valence-corrected chi connectivity index (χ1v) is 5.47. The van der Waals surface area contributed by atoms with Gasteiger partial charge in [-0.05, 0) is 30.5 Å². The zero-order chi connectivity index (χ0) is 12.1. The normalized spacial score (nSPS) is 12.2. The van der Waals surface area contributed by atoms with Gasteiger partial charge in [0.15, 0.2) is 0 Å². The Kier molecular flexibility index (Phi) is 4.62. The third-order valence-corrected chi connectivity index (χ3v) is 2.80. The summed E-state index contributed by atoms with van der Waals surface area (Å²) < 4.78 is 5.04. The van der Waals surface area contributed by atoms with Gasteiger partial charge < -0.3 is 9.84 Å². The van der Waals surface area contributed by atoms with E-state index in [1.54, 1.807) is 20.1 Å². The quantitative estimate of drug-likeness (QED) is 0.864. The second kappa shape index (κ2) is 5.75. The van der Waals surface area contributed by atoms with E-state index in [1.807, 2.05) is 12.1 Å². The van der Waals surface area contributed by atoms with Crippen LogP contribution >= 0.6 is 11.6 Å². The largest absolute Gasteiger partial charge is 0.495 e. The number of hydrogen-bond acceptors (Lipinski definition) is 2. The predicted octanol–water partition coefficient (Wildman–Crippen LogP) is 3.00. The summed E-state index contributed by atoms with van der Waals surface area (Å²) in [5.74, 6) is -0.461. The van der Waals surface area contributed by atoms with Crippen molar-refractivity contribution < 1.29 is 14.6 Å². The van der Waals surface area contributed by atoms with Crippen LogP contribution in [0.15, 0.2) is 18.2 Å². The fourth-order valence-corrected chi connectivity index (χ4v) is 1.65. The molecule has 4 heteroatoms. The molecular formula is C12H15ClO3. The van der Waals surface area contributed by atoms with Gasteiger partial charge in [-0.15, -0.1) is 0 Å². The average Bonchev–Trinajstić information content (AvgIpc) is 2.25. The van der Waals surface area contributed by atoms with Gasteiger partial charge in [0.05, 0.1) is 18.1 Å². The van der Waals surface area contributed by atoms with E-state index < -0.39 is 5.97 Å². The number of carboxylic acids is 1. The van der Waals surface area contributed by atoms with Crippen molar-refractivity contribution in [3.63, 3.8) is 0 Å². The second-order valence-corrected chi connectivity index (χ2v) is 4.15. The van der Waals surface area contributed by atoms with Gasteiger partial charge >= 0.3 is 5.97 Å². The lowest BCUT2D eigenvalue weighted by Crippen LogP contribution is -2.10. The maximum atomic E-state index is 10.6. The molecule has 0 aliphatic carbocycles. The van der Waals surface area contributed by atoms with Crippen LogP contribution in [0.5, 0.6) is 5.75 Å². The van der Waals surface area contributed by atoms with Gasteiger partial charge in [-0.1, -0.05) is 24.6 Å². The van der Waals surface area contributed by atoms with Crippen molar-refractivity contribution in [2.75, 3.05) is 7.11 Å². The van der Waals surface area contributed by atoms with Crippen LogP contribution in [-0.4, -0.2) is 18.2 Å². The summed E-state index contributed by atoms with van der Waals surface area (Å²) in [6.45, 7) is 1.70. The average molecular weight is 243 g/mol. The van der Waals surface area contributed by atoms with Crippen LogP contribution in [-0.2, 0) is 11.2 Å². The van der Waals surface area contributed by atoms with E-state index in [2.05, 4.69) is 0 Å². The second-order valence-electron chi connectivity index (χ2n) is 3.75. The molecule has 0 bridgehead atoms. The van der Waals surface area contributed by atoms with Crippen molar-refractivity contribution in [1.82, 2.24) is 0 Å². The highest BCUT2D eigenvalue weighted by atomic mass is 35.5. The van der Waals surface area contributed by atoms with Gasteiger partial charge in [0, 0.05) is 0 Å². The number of methoxy groups -OCH3 is 1. The standard InChI is InChI=1S/C12H15ClO3/c1-8(12(14)15)3-4-9-5-6-11(16-2)10(13)7-9/h5-8H,3-4H2,1-2H3,(H,14,15). The molecule has 1 aromatic carbocycles. The molecule has 1 unspecified atom stereocenters. The number of carboxylic acid groups (broad SMARTS) is 1. The number of aliphatic carboxylic acids is 1. The van der Waals surface area contributed by atoms with Gasteiger partial charge in [-0.3, -0.25) is 4.79 Å². The Morgan fingerprint density at radius 2 is 2.25 bits per heavy atom. The molecule has 0 aliphatic heterocycles. The zero-order valence-electron chi connectivity index (χ0n) is 9.37. The molecule has 16 heavy (non-hydrogen) atoms. The molecule has 1 aromatic rings. The summed E-state index contributed by atoms with van der Waals surface area (Å²) in [5.41, 5.74) is 1.03. The topological polar surface area (TPSA) is 46.5 Å². The lowest BCUT2D eigenvalue weighted by Gasteiger charge is -2.08. The minimum atomic E-state index is -0.764. The Balaban J connectivity index is 2.62. The number of aryl methyl sites for hydroxylation is 1. The van der Waals surface area contributed by atoms with Gasteiger partial charge in [-0.25, -0.2) is 0 Å². The van der Waals surface area contributed by atoms with Crippen molar-refractivity contribution in [3.05, 3.63) is 28.8 Å². The van der Waals surface area contributed by atoms with Gasteiger partial charge in [0.2, 0.25) is 0 Å². The Bertz CT molecular complexity index is 377. The zero-order valence-corrected chi connectivity index (χ0v) is 10.1. The fourth-order valence-electron chi connectivity index (χ4n) is 1.37. The summed E-state index contributed by atoms with van der Waals surface area (Å²) >= 11 is 5.97. The number of rotatable bonds is 5. The van der Waals surface area contributed by atoms with Gasteiger partial charge in [-0.2, -0.15) is 0 Å². The van der Waals surface area contributed by atoms with Crippen molar-refractivity contribution in [3.8, 4) is 5.75 Å². The molecule has 0 aliphatic rings. The fraction of sp³-hybridized carbons (Fsp3) is 0.417. The molecule has 0 aromatic heterocycles. The molecule has 1 rings (SSSR count). The lowest BCUT2D eigenvalue weighted by molar-refractivity contribution is -0.141. The summed E-state index contributed by atoms with van der Waals surface area (Å²) in [6, 6.07) is 5.51. The molecule has 88 valence electrons. The molecule has 0 spiro atoms. The Hall–Kier alpha value is -1.22. The first-order valence-electron chi connectivity index (χ1n) is 5.09. The minimum absolute atomic E-state index is 0.333. The molecule has 1 atom stereocenters. The first-order chi connectivity index (χ1) is 7.54. The minimum Gasteiger partial charge on any atom is -0.495 e. The maximum absolute atomic E-state index is 10.6. The number of halogens is 1. The van der Waals surface area contributed by atoms with Crippen LogP contribution < -0.4 is 4.74 Å². The SMILES string of the molecule is COc1ccc(CCC(C)C(=O)O)cc1Cl. The maximum Gasteiger partial charge on any atom is 0.306 e. The van der Waals surface area contributed by atoms with Crippen LogP contribution in [0, 0.1) is 5.92 Å². The van der Waals surface area contributed by atoms with E-state index in [0.717, 1.165) is 5.56 Å². The highest BCUT2D eigenvalue weighted by Crippen LogP contribution is 2.25. The van der Waals surface area contributed by atoms with Gasteiger partial charge in [0.25, 0.3) is 0 Å². The molecule has 0 heterocycles. The molecule has 0 saturated heterocycles. The number of ether oxygens (including phenoxy) is 1. The van der Waals surface area contributed by atoms with Crippen LogP contribution in [0.25, 0.3) is 0 Å². The van der Waals surface area contributed by atoms with Crippen LogP contribution in [0.2, 0.25) is 5.02 Å². The molecule has 0 amide bonds. The Labute approximate surface area is 100.0 Å². The van der Waals surface area contributed by atoms with Crippen LogP contribution in [0.1, 0.15) is 18.9 Å². The summed E-state index contributed by atoms with van der Waals surface area (Å²) in [5, 5.41) is 9.31. The van der Waals surface area contributed by atoms with E-state index in [1.165, 1.54) is 0 Å². The first kappa shape index (κ1) is 12.8. The van der Waals surface area contributed by atoms with Crippen LogP contribution in [0.3, 0.4) is 0 Å². The highest BCUT2D eigenvalue weighted by Gasteiger charge is 2.11. The summed E-state index contributed by atoms with van der Waals surface area (Å²) in [6.07, 6.45) is 1.31. The van der Waals surface area contributed by atoms with Crippen molar-refractivity contribution >= 4 is 17.6 Å². The van der Waals surface area contributed by atoms with E-state index in [9.17, 15) is 4.79 Å². The monoisotopic (exact) mass is 242 g/mol. The van der Waals surface area contributed by atoms with E-state index in [-0.39, 0.29) is 5.92 Å². The van der Waals surface area contributed by atoms with Gasteiger partial charge in [0.1, 0.15) is 5.75 Å². The third-order valence-electron chi connectivity index (χ3n) is 2.50. The predicted molar refractivity (Wildman–Crippen MR) is 63.1 cm³/mol.